The van der Waals surface area contributed by atoms with E-state index in [0.29, 0.717) is 41.7 Å². The number of carbonyl (C=O) groups excluding carboxylic acids is 2. The van der Waals surface area contributed by atoms with Gasteiger partial charge >= 0.3 is 0 Å². The Hall–Kier alpha value is -4.13. The number of aryl methyl sites for hydroxylation is 1. The fraction of sp³-hybridized carbons (Fsp3) is 0.250. The summed E-state index contributed by atoms with van der Waals surface area (Å²) in [5, 5.41) is 11.3. The predicted molar refractivity (Wildman–Crippen MR) is 132 cm³/mol. The Morgan fingerprint density at radius 3 is 2.51 bits per heavy atom. The normalized spacial score (nSPS) is 18.7. The molecule has 2 aliphatic heterocycles. The van der Waals surface area contributed by atoms with Gasteiger partial charge in [0.05, 0.1) is 11.3 Å². The van der Waals surface area contributed by atoms with Crippen molar-refractivity contribution in [3.63, 3.8) is 0 Å². The number of benzene rings is 2. The number of hydrogen-bond acceptors (Lipinski definition) is 6. The Kier molecular flexibility index (Phi) is 6.23. The summed E-state index contributed by atoms with van der Waals surface area (Å²) in [6.07, 6.45) is 4.72. The Labute approximate surface area is 203 Å². The van der Waals surface area contributed by atoms with E-state index in [0.717, 1.165) is 24.8 Å². The van der Waals surface area contributed by atoms with Gasteiger partial charge in [0, 0.05) is 17.4 Å². The summed E-state index contributed by atoms with van der Waals surface area (Å²) >= 11 is 0. The standard InChI is InChI=1S/C28H26N2O5/c1-2-3-6-18-8-11-20(12-9-18)30-25(21-7-4-5-14-29-21)24(27(32)28(30)33)26(31)19-10-13-22-23(17-19)35-16-15-34-22/h4-5,7-14,17,25,31H,2-3,6,15-16H2,1H3/b26-24-. The van der Waals surface area contributed by atoms with E-state index in [1.807, 2.05) is 24.3 Å². The number of hydrogen-bond donors (Lipinski definition) is 1. The molecule has 1 unspecified atom stereocenters. The van der Waals surface area contributed by atoms with Crippen LogP contribution >= 0.6 is 0 Å². The molecule has 178 valence electrons. The van der Waals surface area contributed by atoms with E-state index >= 15 is 0 Å². The molecular formula is C28H26N2O5. The monoisotopic (exact) mass is 470 g/mol. The van der Waals surface area contributed by atoms with Gasteiger partial charge in [-0.1, -0.05) is 31.5 Å². The molecule has 7 nitrogen and oxygen atoms in total. The quantitative estimate of drug-likeness (QED) is 0.316. The van der Waals surface area contributed by atoms with Gasteiger partial charge in [-0.05, 0) is 60.9 Å². The van der Waals surface area contributed by atoms with E-state index in [1.165, 1.54) is 4.90 Å². The average molecular weight is 471 g/mol. The lowest BCUT2D eigenvalue weighted by Gasteiger charge is -2.25. The number of nitrogens with zero attached hydrogens (tertiary/aromatic N) is 2. The van der Waals surface area contributed by atoms with Crippen LogP contribution in [-0.4, -0.2) is 35.0 Å². The van der Waals surface area contributed by atoms with Crippen LogP contribution in [0.1, 0.15) is 42.6 Å². The van der Waals surface area contributed by atoms with Gasteiger partial charge in [-0.25, -0.2) is 0 Å². The van der Waals surface area contributed by atoms with Crippen molar-refractivity contribution in [3.05, 3.63) is 89.3 Å². The third kappa shape index (κ3) is 4.25. The maximum absolute atomic E-state index is 13.3. The van der Waals surface area contributed by atoms with Crippen molar-refractivity contribution < 1.29 is 24.2 Å². The number of aromatic nitrogens is 1. The molecule has 0 bridgehead atoms. The molecule has 2 aromatic carbocycles. The van der Waals surface area contributed by atoms with E-state index in [9.17, 15) is 14.7 Å². The van der Waals surface area contributed by atoms with Crippen molar-refractivity contribution in [2.75, 3.05) is 18.1 Å². The fourth-order valence-electron chi connectivity index (χ4n) is 4.47. The van der Waals surface area contributed by atoms with Gasteiger partial charge in [0.15, 0.2) is 11.5 Å². The number of aliphatic hydroxyl groups is 1. The van der Waals surface area contributed by atoms with Gasteiger partial charge in [0.25, 0.3) is 11.7 Å². The second-order valence-electron chi connectivity index (χ2n) is 8.55. The van der Waals surface area contributed by atoms with E-state index in [1.54, 1.807) is 42.6 Å². The smallest absolute Gasteiger partial charge is 0.300 e. The zero-order valence-electron chi connectivity index (χ0n) is 19.4. The van der Waals surface area contributed by atoms with Crippen molar-refractivity contribution >= 4 is 23.1 Å². The highest BCUT2D eigenvalue weighted by atomic mass is 16.6. The third-order valence-electron chi connectivity index (χ3n) is 6.26. The number of ether oxygens (including phenoxy) is 2. The molecule has 2 aliphatic rings. The Balaban J connectivity index is 1.61. The minimum atomic E-state index is -0.870. The maximum atomic E-state index is 13.3. The molecule has 5 rings (SSSR count). The van der Waals surface area contributed by atoms with Crippen LogP contribution in [0.4, 0.5) is 5.69 Å². The number of amides is 1. The molecule has 1 N–H and O–H groups in total. The summed E-state index contributed by atoms with van der Waals surface area (Å²) in [6, 6.07) is 17.0. The Bertz CT molecular complexity index is 1280. The van der Waals surface area contributed by atoms with Gasteiger partial charge in [-0.15, -0.1) is 0 Å². The molecule has 3 heterocycles. The molecule has 35 heavy (non-hydrogen) atoms. The summed E-state index contributed by atoms with van der Waals surface area (Å²) in [5.74, 6) is -0.702. The van der Waals surface area contributed by atoms with Crippen molar-refractivity contribution in [2.45, 2.75) is 32.2 Å². The van der Waals surface area contributed by atoms with Crippen LogP contribution in [0.15, 0.2) is 72.4 Å². The van der Waals surface area contributed by atoms with E-state index in [4.69, 9.17) is 9.47 Å². The summed E-state index contributed by atoms with van der Waals surface area (Å²) in [7, 11) is 0. The number of rotatable bonds is 6. The molecule has 1 fully saturated rings. The van der Waals surface area contributed by atoms with E-state index in [-0.39, 0.29) is 11.3 Å². The lowest BCUT2D eigenvalue weighted by Crippen LogP contribution is -2.29. The second-order valence-corrected chi connectivity index (χ2v) is 8.55. The lowest BCUT2D eigenvalue weighted by molar-refractivity contribution is -0.132. The third-order valence-corrected chi connectivity index (χ3v) is 6.26. The van der Waals surface area contributed by atoms with Crippen molar-refractivity contribution in [3.8, 4) is 11.5 Å². The summed E-state index contributed by atoms with van der Waals surface area (Å²) in [6.45, 7) is 2.98. The van der Waals surface area contributed by atoms with Crippen LogP contribution in [0, 0.1) is 0 Å². The number of carbonyl (C=O) groups is 2. The molecule has 0 aliphatic carbocycles. The Morgan fingerprint density at radius 2 is 1.80 bits per heavy atom. The highest BCUT2D eigenvalue weighted by molar-refractivity contribution is 6.51. The second kappa shape index (κ2) is 9.62. The molecule has 3 aromatic rings. The SMILES string of the molecule is CCCCc1ccc(N2C(=O)C(=O)/C(=C(\O)c3ccc4c(c3)OCCO4)C2c2ccccn2)cc1. The van der Waals surface area contributed by atoms with Crippen LogP contribution in [-0.2, 0) is 16.0 Å². The number of ketones is 1. The minimum absolute atomic E-state index is 0.0135. The summed E-state index contributed by atoms with van der Waals surface area (Å²) in [5.41, 5.74) is 2.58. The van der Waals surface area contributed by atoms with Crippen LogP contribution in [0.3, 0.4) is 0 Å². The first-order valence-corrected chi connectivity index (χ1v) is 11.8. The van der Waals surface area contributed by atoms with E-state index in [2.05, 4.69) is 11.9 Å². The van der Waals surface area contributed by atoms with Crippen LogP contribution in [0.2, 0.25) is 0 Å². The number of Topliss-reactive ketones (excluding diaryl/α,β-unsaturated/α-hetero) is 1. The highest BCUT2D eigenvalue weighted by Crippen LogP contribution is 2.42. The van der Waals surface area contributed by atoms with Gasteiger partial charge in [-0.3, -0.25) is 19.5 Å². The average Bonchev–Trinajstić information content (AvgIpc) is 3.17. The van der Waals surface area contributed by atoms with Crippen molar-refractivity contribution in [1.82, 2.24) is 4.98 Å². The molecule has 0 radical (unpaired) electrons. The number of pyridine rings is 1. The maximum Gasteiger partial charge on any atom is 0.300 e. The Morgan fingerprint density at radius 1 is 1.03 bits per heavy atom. The van der Waals surface area contributed by atoms with Gasteiger partial charge in [0.2, 0.25) is 0 Å². The van der Waals surface area contributed by atoms with Gasteiger partial charge in [-0.2, -0.15) is 0 Å². The molecule has 1 saturated heterocycles. The largest absolute Gasteiger partial charge is 0.507 e. The molecule has 1 atom stereocenters. The molecule has 0 saturated carbocycles. The number of anilines is 1. The molecule has 0 spiro atoms. The van der Waals surface area contributed by atoms with E-state index < -0.39 is 17.7 Å². The van der Waals surface area contributed by atoms with Crippen LogP contribution in [0.25, 0.3) is 5.76 Å². The van der Waals surface area contributed by atoms with Crippen molar-refractivity contribution in [2.24, 2.45) is 0 Å². The zero-order valence-corrected chi connectivity index (χ0v) is 19.4. The number of unbranched alkanes of at least 4 members (excludes halogenated alkanes) is 1. The summed E-state index contributed by atoms with van der Waals surface area (Å²) < 4.78 is 11.2. The molecular weight excluding hydrogens is 444 g/mol. The van der Waals surface area contributed by atoms with Crippen LogP contribution < -0.4 is 14.4 Å². The lowest BCUT2D eigenvalue weighted by atomic mass is 9.97. The number of aliphatic hydroxyl groups excluding tert-OH is 1. The first-order valence-electron chi connectivity index (χ1n) is 11.8. The van der Waals surface area contributed by atoms with Gasteiger partial charge < -0.3 is 14.6 Å². The minimum Gasteiger partial charge on any atom is -0.507 e. The number of fused-ring (bicyclic) bond motifs is 1. The molecule has 7 heteroatoms. The molecule has 1 aromatic heterocycles. The predicted octanol–water partition coefficient (Wildman–Crippen LogP) is 4.82. The van der Waals surface area contributed by atoms with Crippen molar-refractivity contribution in [1.29, 1.82) is 0 Å². The molecule has 1 amide bonds. The first kappa shape index (κ1) is 22.7. The fourth-order valence-corrected chi connectivity index (χ4v) is 4.47. The summed E-state index contributed by atoms with van der Waals surface area (Å²) in [4.78, 5) is 32.4. The zero-order chi connectivity index (χ0) is 24.4. The van der Waals surface area contributed by atoms with Gasteiger partial charge in [0.1, 0.15) is 25.0 Å². The highest BCUT2D eigenvalue weighted by Gasteiger charge is 2.47. The first-order chi connectivity index (χ1) is 17.1. The topological polar surface area (TPSA) is 89.0 Å². The van der Waals surface area contributed by atoms with Crippen LogP contribution in [0.5, 0.6) is 11.5 Å².